The van der Waals surface area contributed by atoms with Crippen LogP contribution in [0.25, 0.3) is 10.9 Å². The molecule has 1 aromatic carbocycles. The first-order valence-electron chi connectivity index (χ1n) is 12.7. The second-order valence-electron chi connectivity index (χ2n) is 9.49. The second kappa shape index (κ2) is 10.8. The SMILES string of the molecule is CCCCN1[C@H](CCC)c2[nH]c3ccccc3c2C[C@H]1C(O)(CCCC)CCCC. The average Bonchev–Trinajstić information content (AvgIpc) is 3.14. The lowest BCUT2D eigenvalue weighted by molar-refractivity contribution is -0.0827. The average molecular weight is 413 g/mol. The molecule has 1 aliphatic rings. The number of aromatic nitrogens is 1. The van der Waals surface area contributed by atoms with E-state index in [0.717, 1.165) is 64.3 Å². The molecule has 0 aliphatic carbocycles. The van der Waals surface area contributed by atoms with Crippen LogP contribution in [0.1, 0.15) is 109 Å². The number of nitrogens with zero attached hydrogens (tertiary/aromatic N) is 1. The molecule has 1 aromatic heterocycles. The number of benzene rings is 1. The van der Waals surface area contributed by atoms with Crippen LogP contribution in [-0.4, -0.2) is 33.2 Å². The van der Waals surface area contributed by atoms with E-state index in [2.05, 4.69) is 61.8 Å². The zero-order valence-electron chi connectivity index (χ0n) is 19.8. The summed E-state index contributed by atoms with van der Waals surface area (Å²) in [4.78, 5) is 6.50. The highest BCUT2D eigenvalue weighted by Crippen LogP contribution is 2.44. The van der Waals surface area contributed by atoms with Crippen LogP contribution in [0.3, 0.4) is 0 Å². The summed E-state index contributed by atoms with van der Waals surface area (Å²) < 4.78 is 0. The van der Waals surface area contributed by atoms with Crippen molar-refractivity contribution in [1.82, 2.24) is 9.88 Å². The molecule has 3 rings (SSSR count). The number of para-hydroxylation sites is 1. The van der Waals surface area contributed by atoms with Crippen molar-refractivity contribution in [2.75, 3.05) is 6.54 Å². The molecule has 168 valence electrons. The molecule has 1 aliphatic heterocycles. The van der Waals surface area contributed by atoms with Crippen molar-refractivity contribution in [3.8, 4) is 0 Å². The van der Waals surface area contributed by atoms with Crippen LogP contribution in [-0.2, 0) is 6.42 Å². The van der Waals surface area contributed by atoms with Crippen LogP contribution in [0.5, 0.6) is 0 Å². The number of aromatic amines is 1. The Labute approximate surface area is 184 Å². The van der Waals surface area contributed by atoms with Gasteiger partial charge in [0.05, 0.1) is 11.6 Å². The largest absolute Gasteiger partial charge is 0.388 e. The predicted molar refractivity (Wildman–Crippen MR) is 129 cm³/mol. The molecule has 3 nitrogen and oxygen atoms in total. The summed E-state index contributed by atoms with van der Waals surface area (Å²) in [5.74, 6) is 0. The molecule has 0 bridgehead atoms. The van der Waals surface area contributed by atoms with Crippen LogP contribution in [0.4, 0.5) is 0 Å². The Morgan fingerprint density at radius 3 is 2.27 bits per heavy atom. The molecule has 0 saturated carbocycles. The van der Waals surface area contributed by atoms with Crippen LogP contribution in [0.15, 0.2) is 24.3 Å². The minimum Gasteiger partial charge on any atom is -0.388 e. The third kappa shape index (κ3) is 4.78. The fourth-order valence-electron chi connectivity index (χ4n) is 5.58. The highest BCUT2D eigenvalue weighted by molar-refractivity contribution is 5.85. The van der Waals surface area contributed by atoms with Gasteiger partial charge in [-0.2, -0.15) is 0 Å². The number of unbranched alkanes of at least 4 members (excludes halogenated alkanes) is 3. The van der Waals surface area contributed by atoms with E-state index < -0.39 is 5.60 Å². The molecule has 2 N–H and O–H groups in total. The third-order valence-corrected chi connectivity index (χ3v) is 7.26. The van der Waals surface area contributed by atoms with E-state index in [1.165, 1.54) is 35.0 Å². The fourth-order valence-corrected chi connectivity index (χ4v) is 5.58. The molecule has 2 aromatic rings. The van der Waals surface area contributed by atoms with Crippen LogP contribution >= 0.6 is 0 Å². The smallest absolute Gasteiger partial charge is 0.0805 e. The van der Waals surface area contributed by atoms with Crippen molar-refractivity contribution >= 4 is 10.9 Å². The molecule has 0 fully saturated rings. The molecule has 2 heterocycles. The van der Waals surface area contributed by atoms with Crippen molar-refractivity contribution in [3.05, 3.63) is 35.5 Å². The Morgan fingerprint density at radius 2 is 1.63 bits per heavy atom. The number of nitrogens with one attached hydrogen (secondary N) is 1. The summed E-state index contributed by atoms with van der Waals surface area (Å²) >= 11 is 0. The van der Waals surface area contributed by atoms with Crippen LogP contribution in [0, 0.1) is 0 Å². The third-order valence-electron chi connectivity index (χ3n) is 7.26. The van der Waals surface area contributed by atoms with E-state index in [1.807, 2.05) is 0 Å². The Kier molecular flexibility index (Phi) is 8.42. The van der Waals surface area contributed by atoms with Crippen LogP contribution in [0.2, 0.25) is 0 Å². The number of fused-ring (bicyclic) bond motifs is 3. The number of hydrogen-bond donors (Lipinski definition) is 2. The van der Waals surface area contributed by atoms with Gasteiger partial charge in [0.15, 0.2) is 0 Å². The van der Waals surface area contributed by atoms with E-state index in [1.54, 1.807) is 0 Å². The van der Waals surface area contributed by atoms with E-state index in [4.69, 9.17) is 0 Å². The van der Waals surface area contributed by atoms with Crippen molar-refractivity contribution in [1.29, 1.82) is 0 Å². The first-order valence-corrected chi connectivity index (χ1v) is 12.7. The van der Waals surface area contributed by atoms with Gasteiger partial charge >= 0.3 is 0 Å². The van der Waals surface area contributed by atoms with Gasteiger partial charge in [0.1, 0.15) is 0 Å². The van der Waals surface area contributed by atoms with Gasteiger partial charge < -0.3 is 10.1 Å². The summed E-state index contributed by atoms with van der Waals surface area (Å²) in [7, 11) is 0. The lowest BCUT2D eigenvalue weighted by Crippen LogP contribution is -2.57. The Hall–Kier alpha value is -1.32. The predicted octanol–water partition coefficient (Wildman–Crippen LogP) is 7.15. The van der Waals surface area contributed by atoms with Crippen LogP contribution < -0.4 is 0 Å². The summed E-state index contributed by atoms with van der Waals surface area (Å²) in [5, 5.41) is 13.5. The lowest BCUT2D eigenvalue weighted by Gasteiger charge is -2.49. The number of aliphatic hydroxyl groups is 1. The van der Waals surface area contributed by atoms with Gasteiger partial charge in [0.2, 0.25) is 0 Å². The number of hydrogen-bond acceptors (Lipinski definition) is 2. The molecule has 0 spiro atoms. The standard InChI is InChI=1S/C27H44N2O/c1-5-9-17-27(30,18-10-6-2)25-20-22-21-15-12-13-16-23(21)28-26(22)24(14-8-4)29(25)19-11-7-3/h12-13,15-16,24-25,28,30H,5-11,14,17-20H2,1-4H3/t24-,25+/m1/s1. The van der Waals surface area contributed by atoms with Crippen molar-refractivity contribution in [2.24, 2.45) is 0 Å². The van der Waals surface area contributed by atoms with Gasteiger partial charge in [0.25, 0.3) is 0 Å². The monoisotopic (exact) mass is 412 g/mol. The van der Waals surface area contributed by atoms with Gasteiger partial charge in [-0.05, 0) is 50.3 Å². The van der Waals surface area contributed by atoms with Crippen molar-refractivity contribution in [3.63, 3.8) is 0 Å². The first kappa shape index (κ1) is 23.3. The van der Waals surface area contributed by atoms with Gasteiger partial charge in [0, 0.05) is 22.6 Å². The molecule has 0 radical (unpaired) electrons. The topological polar surface area (TPSA) is 39.3 Å². The summed E-state index contributed by atoms with van der Waals surface area (Å²) in [5.41, 5.74) is 3.54. The minimum absolute atomic E-state index is 0.213. The maximum atomic E-state index is 12.1. The maximum absolute atomic E-state index is 12.1. The molecule has 3 heteroatoms. The Balaban J connectivity index is 2.08. The van der Waals surface area contributed by atoms with E-state index in [-0.39, 0.29) is 6.04 Å². The minimum atomic E-state index is -0.595. The lowest BCUT2D eigenvalue weighted by atomic mass is 9.76. The summed E-state index contributed by atoms with van der Waals surface area (Å²) in [6, 6.07) is 9.36. The quantitative estimate of drug-likeness (QED) is 0.388. The summed E-state index contributed by atoms with van der Waals surface area (Å²) in [6.45, 7) is 10.1. The van der Waals surface area contributed by atoms with E-state index >= 15 is 0 Å². The maximum Gasteiger partial charge on any atom is 0.0805 e. The molecular formula is C27H44N2O. The highest BCUT2D eigenvalue weighted by Gasteiger charge is 2.45. The zero-order chi connectivity index (χ0) is 21.6. The van der Waals surface area contributed by atoms with E-state index in [9.17, 15) is 5.11 Å². The molecule has 2 atom stereocenters. The molecule has 0 unspecified atom stereocenters. The zero-order valence-corrected chi connectivity index (χ0v) is 19.8. The van der Waals surface area contributed by atoms with Gasteiger partial charge in [-0.1, -0.05) is 84.4 Å². The van der Waals surface area contributed by atoms with Gasteiger partial charge in [-0.15, -0.1) is 0 Å². The Bertz CT molecular complexity index is 772. The van der Waals surface area contributed by atoms with Crippen molar-refractivity contribution in [2.45, 2.75) is 116 Å². The Morgan fingerprint density at radius 1 is 0.967 bits per heavy atom. The molecular weight excluding hydrogens is 368 g/mol. The fraction of sp³-hybridized carbons (Fsp3) is 0.704. The van der Waals surface area contributed by atoms with Gasteiger partial charge in [-0.3, -0.25) is 4.90 Å². The summed E-state index contributed by atoms with van der Waals surface area (Å²) in [6.07, 6.45) is 12.0. The first-order chi connectivity index (χ1) is 14.6. The normalized spacial score (nSPS) is 20.0. The molecule has 0 amide bonds. The van der Waals surface area contributed by atoms with Gasteiger partial charge in [-0.25, -0.2) is 0 Å². The van der Waals surface area contributed by atoms with E-state index in [0.29, 0.717) is 6.04 Å². The molecule has 0 saturated heterocycles. The molecule has 30 heavy (non-hydrogen) atoms. The van der Waals surface area contributed by atoms with Crippen molar-refractivity contribution < 1.29 is 5.11 Å². The number of H-pyrrole nitrogens is 1. The second-order valence-corrected chi connectivity index (χ2v) is 9.49. The number of rotatable bonds is 12. The highest BCUT2D eigenvalue weighted by atomic mass is 16.3.